The summed E-state index contributed by atoms with van der Waals surface area (Å²) >= 11 is 0. The molecule has 0 amide bonds. The number of ether oxygens (including phenoxy) is 2. The van der Waals surface area contributed by atoms with Crippen LogP contribution in [0.5, 0.6) is 11.9 Å². The topological polar surface area (TPSA) is 44.7 Å². The van der Waals surface area contributed by atoms with Crippen molar-refractivity contribution in [3.05, 3.63) is 60.7 Å². The van der Waals surface area contributed by atoms with Crippen molar-refractivity contribution in [3.63, 3.8) is 0 Å². The highest BCUT2D eigenvalue weighted by Gasteiger charge is 2.13. The standard InChI is InChI=1S/C24H16O4/c1-25-23-11-19-17-5-3-14-13(15(17)7-9-21(19)27-23)4-6-18-16(14)8-10-22-20(18)12-24(26-2)28-22/h3-12H,1-2H3. The van der Waals surface area contributed by atoms with Crippen molar-refractivity contribution in [2.75, 3.05) is 14.2 Å². The summed E-state index contributed by atoms with van der Waals surface area (Å²) in [5.74, 6) is 1.05. The normalized spacial score (nSPS) is 11.9. The van der Waals surface area contributed by atoms with Crippen LogP contribution >= 0.6 is 0 Å². The molecule has 0 bridgehead atoms. The average Bonchev–Trinajstić information content (AvgIpc) is 3.36. The fourth-order valence-electron chi connectivity index (χ4n) is 4.23. The maximum atomic E-state index is 5.72. The summed E-state index contributed by atoms with van der Waals surface area (Å²) in [6, 6.07) is 20.8. The Hall–Kier alpha value is -3.66. The predicted molar refractivity (Wildman–Crippen MR) is 112 cm³/mol. The van der Waals surface area contributed by atoms with Gasteiger partial charge in [0.1, 0.15) is 11.2 Å². The van der Waals surface area contributed by atoms with E-state index in [4.69, 9.17) is 18.3 Å². The van der Waals surface area contributed by atoms with Gasteiger partial charge in [0.15, 0.2) is 0 Å². The van der Waals surface area contributed by atoms with Gasteiger partial charge in [0, 0.05) is 22.9 Å². The Kier molecular flexibility index (Phi) is 2.98. The van der Waals surface area contributed by atoms with Gasteiger partial charge in [-0.2, -0.15) is 0 Å². The maximum absolute atomic E-state index is 5.72. The lowest BCUT2D eigenvalue weighted by molar-refractivity contribution is 0.315. The van der Waals surface area contributed by atoms with Crippen LogP contribution < -0.4 is 9.47 Å². The van der Waals surface area contributed by atoms with Crippen molar-refractivity contribution in [2.24, 2.45) is 0 Å². The van der Waals surface area contributed by atoms with E-state index in [0.717, 1.165) is 32.7 Å². The van der Waals surface area contributed by atoms with Gasteiger partial charge < -0.3 is 18.3 Å². The molecule has 0 saturated carbocycles. The third-order valence-electron chi connectivity index (χ3n) is 5.55. The molecule has 28 heavy (non-hydrogen) atoms. The molecular formula is C24H16O4. The van der Waals surface area contributed by atoms with Crippen LogP contribution in [-0.2, 0) is 0 Å². The zero-order valence-corrected chi connectivity index (χ0v) is 15.4. The van der Waals surface area contributed by atoms with Crippen LogP contribution in [0.1, 0.15) is 0 Å². The van der Waals surface area contributed by atoms with E-state index in [-0.39, 0.29) is 0 Å². The second kappa shape index (κ2) is 5.42. The van der Waals surface area contributed by atoms with Crippen molar-refractivity contribution in [1.82, 2.24) is 0 Å². The summed E-state index contributed by atoms with van der Waals surface area (Å²) in [6.45, 7) is 0. The molecule has 2 heterocycles. The Morgan fingerprint density at radius 3 is 1.14 bits per heavy atom. The minimum Gasteiger partial charge on any atom is -0.468 e. The smallest absolute Gasteiger partial charge is 0.285 e. The Bertz CT molecular complexity index is 1420. The number of rotatable bonds is 2. The van der Waals surface area contributed by atoms with E-state index in [2.05, 4.69) is 36.4 Å². The molecule has 0 saturated heterocycles. The molecule has 0 fully saturated rings. The van der Waals surface area contributed by atoms with Gasteiger partial charge in [-0.05, 0) is 44.5 Å². The van der Waals surface area contributed by atoms with E-state index >= 15 is 0 Å². The first-order valence-corrected chi connectivity index (χ1v) is 9.09. The molecule has 2 aromatic heterocycles. The third-order valence-corrected chi connectivity index (χ3v) is 5.55. The summed E-state index contributed by atoms with van der Waals surface area (Å²) in [7, 11) is 3.24. The van der Waals surface area contributed by atoms with Gasteiger partial charge in [-0.25, -0.2) is 0 Å². The fourth-order valence-corrected chi connectivity index (χ4v) is 4.23. The van der Waals surface area contributed by atoms with Crippen LogP contribution in [0.4, 0.5) is 0 Å². The van der Waals surface area contributed by atoms with Crippen LogP contribution in [0.3, 0.4) is 0 Å². The quantitative estimate of drug-likeness (QED) is 0.321. The molecule has 0 radical (unpaired) electrons. The third kappa shape index (κ3) is 1.94. The van der Waals surface area contributed by atoms with Crippen molar-refractivity contribution in [3.8, 4) is 11.9 Å². The number of methoxy groups -OCH3 is 2. The van der Waals surface area contributed by atoms with Crippen LogP contribution in [0.2, 0.25) is 0 Å². The lowest BCUT2D eigenvalue weighted by Gasteiger charge is -2.08. The molecule has 4 heteroatoms. The van der Waals surface area contributed by atoms with Gasteiger partial charge in [0.25, 0.3) is 11.9 Å². The van der Waals surface area contributed by atoms with E-state index < -0.39 is 0 Å². The predicted octanol–water partition coefficient (Wildman–Crippen LogP) is 6.66. The Labute approximate surface area is 159 Å². The lowest BCUT2D eigenvalue weighted by Crippen LogP contribution is -1.82. The molecular weight excluding hydrogens is 352 g/mol. The Balaban J connectivity index is 1.73. The maximum Gasteiger partial charge on any atom is 0.285 e. The van der Waals surface area contributed by atoms with Crippen LogP contribution in [-0.4, -0.2) is 14.2 Å². The van der Waals surface area contributed by atoms with Gasteiger partial charge in [-0.3, -0.25) is 0 Å². The van der Waals surface area contributed by atoms with Gasteiger partial charge in [0.05, 0.1) is 14.2 Å². The molecule has 0 atom stereocenters. The first-order chi connectivity index (χ1) is 13.8. The molecule has 0 spiro atoms. The number of hydrogen-bond acceptors (Lipinski definition) is 4. The minimum absolute atomic E-state index is 0.525. The lowest BCUT2D eigenvalue weighted by atomic mass is 9.95. The van der Waals surface area contributed by atoms with Crippen LogP contribution in [0.25, 0.3) is 54.3 Å². The molecule has 136 valence electrons. The zero-order valence-electron chi connectivity index (χ0n) is 15.4. The highest BCUT2D eigenvalue weighted by molar-refractivity contribution is 6.24. The fraction of sp³-hybridized carbons (Fsp3) is 0.0833. The molecule has 0 unspecified atom stereocenters. The summed E-state index contributed by atoms with van der Waals surface area (Å²) < 4.78 is 22.0. The molecule has 0 aliphatic heterocycles. The minimum atomic E-state index is 0.525. The molecule has 4 nitrogen and oxygen atoms in total. The van der Waals surface area contributed by atoms with E-state index in [1.807, 2.05) is 24.3 Å². The SMILES string of the molecule is COc1cc2c(ccc3c2ccc2c4ccc5oc(OC)cc5c4ccc32)o1. The largest absolute Gasteiger partial charge is 0.468 e. The van der Waals surface area contributed by atoms with Gasteiger partial charge in [0.2, 0.25) is 0 Å². The van der Waals surface area contributed by atoms with Crippen molar-refractivity contribution >= 4 is 54.3 Å². The van der Waals surface area contributed by atoms with E-state index in [9.17, 15) is 0 Å². The Morgan fingerprint density at radius 2 is 0.786 bits per heavy atom. The van der Waals surface area contributed by atoms with Crippen molar-refractivity contribution in [2.45, 2.75) is 0 Å². The molecule has 4 aromatic carbocycles. The van der Waals surface area contributed by atoms with Crippen LogP contribution in [0, 0.1) is 0 Å². The summed E-state index contributed by atoms with van der Waals surface area (Å²) in [4.78, 5) is 0. The number of hydrogen-bond donors (Lipinski definition) is 0. The number of fused-ring (bicyclic) bond motifs is 9. The summed E-state index contributed by atoms with van der Waals surface area (Å²) in [6.07, 6.45) is 0. The first-order valence-electron chi connectivity index (χ1n) is 9.09. The molecule has 6 rings (SSSR count). The molecule has 0 N–H and O–H groups in total. The average molecular weight is 368 g/mol. The number of furan rings is 2. The van der Waals surface area contributed by atoms with E-state index in [0.29, 0.717) is 11.9 Å². The zero-order chi connectivity index (χ0) is 18.8. The number of benzene rings is 4. The van der Waals surface area contributed by atoms with Crippen molar-refractivity contribution < 1.29 is 18.3 Å². The van der Waals surface area contributed by atoms with E-state index in [1.165, 1.54) is 21.5 Å². The van der Waals surface area contributed by atoms with Gasteiger partial charge in [-0.1, -0.05) is 36.4 Å². The van der Waals surface area contributed by atoms with E-state index in [1.54, 1.807) is 14.2 Å². The monoisotopic (exact) mass is 368 g/mol. The van der Waals surface area contributed by atoms with Crippen LogP contribution in [0.15, 0.2) is 69.5 Å². The second-order valence-electron chi connectivity index (χ2n) is 6.91. The molecule has 0 aliphatic carbocycles. The first kappa shape index (κ1) is 15.4. The highest BCUT2D eigenvalue weighted by Crippen LogP contribution is 2.39. The van der Waals surface area contributed by atoms with Gasteiger partial charge >= 0.3 is 0 Å². The summed E-state index contributed by atoms with van der Waals surface area (Å²) in [5.41, 5.74) is 1.66. The molecule has 6 aromatic rings. The van der Waals surface area contributed by atoms with Crippen molar-refractivity contribution in [1.29, 1.82) is 0 Å². The highest BCUT2D eigenvalue weighted by atomic mass is 16.6. The summed E-state index contributed by atoms with van der Waals surface area (Å²) in [5, 5.41) is 9.24. The van der Waals surface area contributed by atoms with Gasteiger partial charge in [-0.15, -0.1) is 0 Å². The molecule has 0 aliphatic rings. The Morgan fingerprint density at radius 1 is 0.464 bits per heavy atom. The second-order valence-corrected chi connectivity index (χ2v) is 6.91.